The summed E-state index contributed by atoms with van der Waals surface area (Å²) in [6, 6.07) is 9.25. The second-order valence-corrected chi connectivity index (χ2v) is 4.44. The van der Waals surface area contributed by atoms with Gasteiger partial charge in [-0.3, -0.25) is 9.59 Å². The third-order valence-corrected chi connectivity index (χ3v) is 2.84. The van der Waals surface area contributed by atoms with Gasteiger partial charge in [0.2, 0.25) is 5.91 Å². The van der Waals surface area contributed by atoms with Gasteiger partial charge < -0.3 is 16.4 Å². The van der Waals surface area contributed by atoms with Crippen LogP contribution in [0.5, 0.6) is 0 Å². The van der Waals surface area contributed by atoms with Crippen LogP contribution in [0, 0.1) is 11.6 Å². The number of hydrogen-bond acceptors (Lipinski definition) is 3. The molecule has 0 spiro atoms. The van der Waals surface area contributed by atoms with Crippen molar-refractivity contribution in [3.63, 3.8) is 0 Å². The lowest BCUT2D eigenvalue weighted by Crippen LogP contribution is -2.24. The smallest absolute Gasteiger partial charge is 0.250 e. The molecule has 0 unspecified atom stereocenters. The molecular formula is C15H13F2N3O2. The Labute approximate surface area is 125 Å². The van der Waals surface area contributed by atoms with Gasteiger partial charge >= 0.3 is 0 Å². The number of anilines is 2. The largest absolute Gasteiger partial charge is 0.376 e. The van der Waals surface area contributed by atoms with Crippen LogP contribution in [0.4, 0.5) is 20.2 Å². The summed E-state index contributed by atoms with van der Waals surface area (Å²) in [7, 11) is 0. The molecule has 0 aliphatic heterocycles. The summed E-state index contributed by atoms with van der Waals surface area (Å²) >= 11 is 0. The molecule has 22 heavy (non-hydrogen) atoms. The molecule has 0 bridgehead atoms. The highest BCUT2D eigenvalue weighted by molar-refractivity contribution is 6.00. The van der Waals surface area contributed by atoms with Gasteiger partial charge in [0.15, 0.2) is 0 Å². The van der Waals surface area contributed by atoms with E-state index in [0.29, 0.717) is 11.8 Å². The average Bonchev–Trinajstić information content (AvgIpc) is 2.48. The summed E-state index contributed by atoms with van der Waals surface area (Å²) in [5.74, 6) is -2.78. The van der Waals surface area contributed by atoms with E-state index in [-0.39, 0.29) is 17.8 Å². The molecule has 0 atom stereocenters. The predicted octanol–water partition coefficient (Wildman–Crippen LogP) is 2.11. The fraction of sp³-hybridized carbons (Fsp3) is 0.0667. The van der Waals surface area contributed by atoms with Crippen molar-refractivity contribution in [3.8, 4) is 0 Å². The zero-order valence-corrected chi connectivity index (χ0v) is 11.4. The topological polar surface area (TPSA) is 84.2 Å². The van der Waals surface area contributed by atoms with E-state index in [1.54, 1.807) is 18.2 Å². The van der Waals surface area contributed by atoms with Crippen molar-refractivity contribution in [2.75, 3.05) is 17.2 Å². The molecule has 0 aliphatic carbocycles. The van der Waals surface area contributed by atoms with Gasteiger partial charge in [-0.25, -0.2) is 8.78 Å². The zero-order valence-electron chi connectivity index (χ0n) is 11.4. The van der Waals surface area contributed by atoms with Crippen molar-refractivity contribution in [3.05, 3.63) is 59.7 Å². The second kappa shape index (κ2) is 6.66. The number of primary amides is 1. The normalized spacial score (nSPS) is 10.1. The highest BCUT2D eigenvalue weighted by Gasteiger charge is 2.10. The fourth-order valence-electron chi connectivity index (χ4n) is 1.81. The van der Waals surface area contributed by atoms with E-state index in [1.807, 2.05) is 0 Å². The third-order valence-electron chi connectivity index (χ3n) is 2.84. The molecule has 0 saturated carbocycles. The highest BCUT2D eigenvalue weighted by Crippen LogP contribution is 2.16. The number of nitrogens with two attached hydrogens (primary N) is 1. The van der Waals surface area contributed by atoms with E-state index in [2.05, 4.69) is 10.6 Å². The summed E-state index contributed by atoms with van der Waals surface area (Å²) in [6.07, 6.45) is 0. The molecule has 0 radical (unpaired) electrons. The van der Waals surface area contributed by atoms with Gasteiger partial charge in [-0.05, 0) is 24.3 Å². The SMILES string of the molecule is NC(=O)c1ccccc1NCC(=O)Nc1ccc(F)cc1F. The number of para-hydroxylation sites is 1. The average molecular weight is 305 g/mol. The second-order valence-electron chi connectivity index (χ2n) is 4.44. The Morgan fingerprint density at radius 2 is 1.77 bits per heavy atom. The van der Waals surface area contributed by atoms with Gasteiger partial charge in [0, 0.05) is 11.8 Å². The van der Waals surface area contributed by atoms with E-state index >= 15 is 0 Å². The van der Waals surface area contributed by atoms with E-state index in [9.17, 15) is 18.4 Å². The van der Waals surface area contributed by atoms with Crippen LogP contribution < -0.4 is 16.4 Å². The summed E-state index contributed by atoms with van der Waals surface area (Å²) in [5, 5.41) is 5.03. The van der Waals surface area contributed by atoms with E-state index in [1.165, 1.54) is 6.07 Å². The lowest BCUT2D eigenvalue weighted by atomic mass is 10.1. The van der Waals surface area contributed by atoms with E-state index < -0.39 is 23.4 Å². The maximum absolute atomic E-state index is 13.4. The zero-order chi connectivity index (χ0) is 16.1. The molecule has 0 aromatic heterocycles. The number of carbonyl (C=O) groups excluding carboxylic acids is 2. The molecule has 2 rings (SSSR count). The number of carbonyl (C=O) groups is 2. The predicted molar refractivity (Wildman–Crippen MR) is 78.4 cm³/mol. The minimum Gasteiger partial charge on any atom is -0.376 e. The van der Waals surface area contributed by atoms with Gasteiger partial charge in [-0.15, -0.1) is 0 Å². The molecule has 0 heterocycles. The lowest BCUT2D eigenvalue weighted by Gasteiger charge is -2.10. The Hall–Kier alpha value is -2.96. The van der Waals surface area contributed by atoms with Crippen molar-refractivity contribution in [2.24, 2.45) is 5.73 Å². The molecule has 0 aliphatic rings. The third kappa shape index (κ3) is 3.78. The quantitative estimate of drug-likeness (QED) is 0.791. The monoisotopic (exact) mass is 305 g/mol. The van der Waals surface area contributed by atoms with Crippen LogP contribution in [0.2, 0.25) is 0 Å². The highest BCUT2D eigenvalue weighted by atomic mass is 19.1. The number of rotatable bonds is 5. The van der Waals surface area contributed by atoms with Crippen LogP contribution in [0.15, 0.2) is 42.5 Å². The summed E-state index contributed by atoms with van der Waals surface area (Å²) < 4.78 is 26.2. The first-order valence-corrected chi connectivity index (χ1v) is 6.35. The standard InChI is InChI=1S/C15H13F2N3O2/c16-9-5-6-13(11(17)7-9)20-14(21)8-19-12-4-2-1-3-10(12)15(18)22/h1-7,19H,8H2,(H2,18,22)(H,20,21). The first kappa shape index (κ1) is 15.4. The lowest BCUT2D eigenvalue weighted by molar-refractivity contribution is -0.114. The molecule has 4 N–H and O–H groups in total. The number of halogens is 2. The number of amides is 2. The maximum Gasteiger partial charge on any atom is 0.250 e. The van der Waals surface area contributed by atoms with Gasteiger partial charge in [0.1, 0.15) is 11.6 Å². The molecule has 2 aromatic rings. The van der Waals surface area contributed by atoms with E-state index in [0.717, 1.165) is 12.1 Å². The maximum atomic E-state index is 13.4. The van der Waals surface area contributed by atoms with Gasteiger partial charge in [0.05, 0.1) is 17.8 Å². The van der Waals surface area contributed by atoms with Crippen LogP contribution in [-0.4, -0.2) is 18.4 Å². The minimum absolute atomic E-state index is 0.128. The van der Waals surface area contributed by atoms with Crippen molar-refractivity contribution >= 4 is 23.2 Å². The van der Waals surface area contributed by atoms with Crippen molar-refractivity contribution in [2.45, 2.75) is 0 Å². The summed E-state index contributed by atoms with van der Waals surface area (Å²) in [5.41, 5.74) is 5.72. The van der Waals surface area contributed by atoms with Gasteiger partial charge in [-0.2, -0.15) is 0 Å². The van der Waals surface area contributed by atoms with Gasteiger partial charge in [0.25, 0.3) is 5.91 Å². The van der Waals surface area contributed by atoms with Crippen molar-refractivity contribution < 1.29 is 18.4 Å². The molecule has 114 valence electrons. The molecule has 2 amide bonds. The molecule has 7 heteroatoms. The van der Waals surface area contributed by atoms with Crippen molar-refractivity contribution in [1.82, 2.24) is 0 Å². The van der Waals surface area contributed by atoms with Crippen LogP contribution in [0.25, 0.3) is 0 Å². The number of benzene rings is 2. The summed E-state index contributed by atoms with van der Waals surface area (Å²) in [4.78, 5) is 23.0. The first-order valence-electron chi connectivity index (χ1n) is 6.35. The Bertz CT molecular complexity index is 720. The molecule has 2 aromatic carbocycles. The Balaban J connectivity index is 2.00. The molecule has 0 fully saturated rings. The Morgan fingerprint density at radius 3 is 2.45 bits per heavy atom. The molecule has 5 nitrogen and oxygen atoms in total. The van der Waals surface area contributed by atoms with Crippen LogP contribution in [0.3, 0.4) is 0 Å². The van der Waals surface area contributed by atoms with E-state index in [4.69, 9.17) is 5.73 Å². The Morgan fingerprint density at radius 1 is 1.05 bits per heavy atom. The molecular weight excluding hydrogens is 292 g/mol. The molecule has 0 saturated heterocycles. The minimum atomic E-state index is -0.870. The Kier molecular flexibility index (Phi) is 4.67. The van der Waals surface area contributed by atoms with Crippen LogP contribution >= 0.6 is 0 Å². The van der Waals surface area contributed by atoms with Crippen molar-refractivity contribution in [1.29, 1.82) is 0 Å². The van der Waals surface area contributed by atoms with Crippen LogP contribution in [-0.2, 0) is 4.79 Å². The number of nitrogens with one attached hydrogen (secondary N) is 2. The van der Waals surface area contributed by atoms with Gasteiger partial charge in [-0.1, -0.05) is 12.1 Å². The summed E-state index contributed by atoms with van der Waals surface area (Å²) in [6.45, 7) is -0.207. The number of hydrogen-bond donors (Lipinski definition) is 3. The fourth-order valence-corrected chi connectivity index (χ4v) is 1.81. The van der Waals surface area contributed by atoms with Crippen LogP contribution in [0.1, 0.15) is 10.4 Å². The first-order chi connectivity index (χ1) is 10.5.